The minimum atomic E-state index is -0.356. The van der Waals surface area contributed by atoms with E-state index in [9.17, 15) is 9.59 Å². The van der Waals surface area contributed by atoms with E-state index < -0.39 is 0 Å². The number of benzene rings is 3. The maximum Gasteiger partial charge on any atom is 0.282 e. The van der Waals surface area contributed by atoms with Gasteiger partial charge in [0, 0.05) is 25.5 Å². The maximum absolute atomic E-state index is 13.6. The maximum atomic E-state index is 13.6. The SMILES string of the molecule is Cc1cccc(N2C(=O)C(Nc3ccc(N(C)C)cc3)=C(c3ccc(C)c(C)c3)C2=O)c1. The number of anilines is 3. The van der Waals surface area contributed by atoms with Gasteiger partial charge in [-0.1, -0.05) is 30.3 Å². The van der Waals surface area contributed by atoms with Crippen LogP contribution in [0.1, 0.15) is 22.3 Å². The molecule has 3 aromatic carbocycles. The predicted molar refractivity (Wildman–Crippen MR) is 131 cm³/mol. The van der Waals surface area contributed by atoms with Crippen molar-refractivity contribution in [2.24, 2.45) is 0 Å². The first-order valence-corrected chi connectivity index (χ1v) is 10.6. The molecule has 1 aliphatic heterocycles. The molecule has 162 valence electrons. The number of hydrogen-bond acceptors (Lipinski definition) is 4. The van der Waals surface area contributed by atoms with Gasteiger partial charge < -0.3 is 10.2 Å². The summed E-state index contributed by atoms with van der Waals surface area (Å²) in [5.74, 6) is -0.679. The Balaban J connectivity index is 1.81. The first-order valence-electron chi connectivity index (χ1n) is 10.6. The number of imide groups is 1. The van der Waals surface area contributed by atoms with Crippen LogP contribution >= 0.6 is 0 Å². The second-order valence-electron chi connectivity index (χ2n) is 8.40. The van der Waals surface area contributed by atoms with E-state index in [0.717, 1.165) is 33.6 Å². The van der Waals surface area contributed by atoms with Crippen LogP contribution in [0.5, 0.6) is 0 Å². The predicted octanol–water partition coefficient (Wildman–Crippen LogP) is 5.07. The van der Waals surface area contributed by atoms with Crippen molar-refractivity contribution in [3.63, 3.8) is 0 Å². The fraction of sp³-hybridized carbons (Fsp3) is 0.185. The Bertz CT molecular complexity index is 1240. The Morgan fingerprint density at radius 1 is 0.781 bits per heavy atom. The molecule has 0 saturated carbocycles. The van der Waals surface area contributed by atoms with Crippen LogP contribution in [-0.4, -0.2) is 25.9 Å². The minimum Gasteiger partial charge on any atom is -0.378 e. The van der Waals surface area contributed by atoms with Crippen LogP contribution in [0.3, 0.4) is 0 Å². The zero-order chi connectivity index (χ0) is 23.0. The van der Waals surface area contributed by atoms with Crippen molar-refractivity contribution < 1.29 is 9.59 Å². The van der Waals surface area contributed by atoms with Crippen molar-refractivity contribution in [3.05, 3.63) is 94.7 Å². The standard InChI is InChI=1S/C27H27N3O2/c1-17-7-6-8-23(15-17)30-26(31)24(20-10-9-18(2)19(3)16-20)25(27(30)32)28-21-11-13-22(14-12-21)29(4)5/h6-16,28H,1-5H3. The third-order valence-corrected chi connectivity index (χ3v) is 5.79. The molecule has 2 amide bonds. The van der Waals surface area contributed by atoms with E-state index in [2.05, 4.69) is 5.32 Å². The van der Waals surface area contributed by atoms with Gasteiger partial charge in [-0.15, -0.1) is 0 Å². The molecule has 5 heteroatoms. The molecule has 32 heavy (non-hydrogen) atoms. The average Bonchev–Trinajstić information content (AvgIpc) is 3.00. The van der Waals surface area contributed by atoms with E-state index >= 15 is 0 Å². The van der Waals surface area contributed by atoms with E-state index in [1.807, 2.05) is 100 Å². The molecule has 0 aromatic heterocycles. The molecule has 0 atom stereocenters. The number of hydrogen-bond donors (Lipinski definition) is 1. The molecule has 0 saturated heterocycles. The van der Waals surface area contributed by atoms with Crippen LogP contribution in [0.2, 0.25) is 0 Å². The Morgan fingerprint density at radius 3 is 2.12 bits per heavy atom. The van der Waals surface area contributed by atoms with Crippen LogP contribution in [-0.2, 0) is 9.59 Å². The van der Waals surface area contributed by atoms with Crippen LogP contribution in [0.25, 0.3) is 5.57 Å². The third-order valence-electron chi connectivity index (χ3n) is 5.79. The zero-order valence-corrected chi connectivity index (χ0v) is 19.1. The molecule has 5 nitrogen and oxygen atoms in total. The molecule has 4 rings (SSSR count). The lowest BCUT2D eigenvalue weighted by Crippen LogP contribution is -2.32. The highest BCUT2D eigenvalue weighted by Crippen LogP contribution is 2.34. The smallest absolute Gasteiger partial charge is 0.282 e. The fourth-order valence-electron chi connectivity index (χ4n) is 3.80. The lowest BCUT2D eigenvalue weighted by molar-refractivity contribution is -0.120. The lowest BCUT2D eigenvalue weighted by atomic mass is 9.99. The fourth-order valence-corrected chi connectivity index (χ4v) is 3.80. The number of rotatable bonds is 5. The Hall–Kier alpha value is -3.86. The summed E-state index contributed by atoms with van der Waals surface area (Å²) < 4.78 is 0. The summed E-state index contributed by atoms with van der Waals surface area (Å²) in [7, 11) is 3.95. The minimum absolute atomic E-state index is 0.289. The molecular formula is C27H27N3O2. The first kappa shape index (κ1) is 21.4. The van der Waals surface area contributed by atoms with Gasteiger partial charge in [0.1, 0.15) is 5.70 Å². The highest BCUT2D eigenvalue weighted by atomic mass is 16.2. The lowest BCUT2D eigenvalue weighted by Gasteiger charge is -2.16. The second-order valence-corrected chi connectivity index (χ2v) is 8.40. The number of carbonyl (C=O) groups excluding carboxylic acids is 2. The van der Waals surface area contributed by atoms with Gasteiger partial charge in [0.2, 0.25) is 0 Å². The third kappa shape index (κ3) is 3.89. The molecule has 1 aliphatic rings. The van der Waals surface area contributed by atoms with Crippen LogP contribution in [0.15, 0.2) is 72.4 Å². The van der Waals surface area contributed by atoms with Crippen molar-refractivity contribution in [2.75, 3.05) is 29.2 Å². The van der Waals surface area contributed by atoms with Crippen molar-refractivity contribution >= 4 is 34.4 Å². The number of nitrogens with zero attached hydrogens (tertiary/aromatic N) is 2. The van der Waals surface area contributed by atoms with Gasteiger partial charge in [0.25, 0.3) is 11.8 Å². The summed E-state index contributed by atoms with van der Waals surface area (Å²) in [6.45, 7) is 5.98. The van der Waals surface area contributed by atoms with E-state index in [4.69, 9.17) is 0 Å². The molecule has 0 radical (unpaired) electrons. The summed E-state index contributed by atoms with van der Waals surface area (Å²) in [5.41, 5.74) is 6.96. The van der Waals surface area contributed by atoms with E-state index in [0.29, 0.717) is 11.3 Å². The summed E-state index contributed by atoms with van der Waals surface area (Å²) in [6, 6.07) is 21.0. The molecule has 0 aliphatic carbocycles. The summed E-state index contributed by atoms with van der Waals surface area (Å²) in [5, 5.41) is 3.23. The molecule has 1 N–H and O–H groups in total. The van der Waals surface area contributed by atoms with E-state index in [1.165, 1.54) is 4.90 Å². The summed E-state index contributed by atoms with van der Waals surface area (Å²) in [6.07, 6.45) is 0. The van der Waals surface area contributed by atoms with Crippen molar-refractivity contribution in [1.29, 1.82) is 0 Å². The topological polar surface area (TPSA) is 52.7 Å². The van der Waals surface area contributed by atoms with Gasteiger partial charge in [-0.05, 0) is 79.4 Å². The van der Waals surface area contributed by atoms with Crippen molar-refractivity contribution in [1.82, 2.24) is 0 Å². The quantitative estimate of drug-likeness (QED) is 0.580. The highest BCUT2D eigenvalue weighted by molar-refractivity contribution is 6.46. The van der Waals surface area contributed by atoms with Gasteiger partial charge in [-0.2, -0.15) is 0 Å². The molecule has 1 heterocycles. The molecule has 0 spiro atoms. The van der Waals surface area contributed by atoms with Crippen molar-refractivity contribution in [3.8, 4) is 0 Å². The van der Waals surface area contributed by atoms with Gasteiger partial charge in [0.05, 0.1) is 11.3 Å². The Morgan fingerprint density at radius 2 is 1.50 bits per heavy atom. The van der Waals surface area contributed by atoms with Gasteiger partial charge in [-0.25, -0.2) is 4.90 Å². The molecule has 0 unspecified atom stereocenters. The number of amides is 2. The van der Waals surface area contributed by atoms with E-state index in [1.54, 1.807) is 6.07 Å². The number of nitrogens with one attached hydrogen (secondary N) is 1. The van der Waals surface area contributed by atoms with Gasteiger partial charge >= 0.3 is 0 Å². The molecule has 3 aromatic rings. The average molecular weight is 426 g/mol. The van der Waals surface area contributed by atoms with Crippen LogP contribution in [0.4, 0.5) is 17.1 Å². The summed E-state index contributed by atoms with van der Waals surface area (Å²) in [4.78, 5) is 30.4. The Kier molecular flexibility index (Phi) is 5.57. The normalized spacial score (nSPS) is 13.7. The molecule has 0 fully saturated rings. The summed E-state index contributed by atoms with van der Waals surface area (Å²) >= 11 is 0. The Labute approximate surface area is 189 Å². The van der Waals surface area contributed by atoms with Gasteiger partial charge in [-0.3, -0.25) is 9.59 Å². The molecule has 0 bridgehead atoms. The number of carbonyl (C=O) groups is 2. The van der Waals surface area contributed by atoms with E-state index in [-0.39, 0.29) is 17.5 Å². The molecular weight excluding hydrogens is 398 g/mol. The van der Waals surface area contributed by atoms with Crippen LogP contribution < -0.4 is 15.1 Å². The second kappa shape index (κ2) is 8.35. The monoisotopic (exact) mass is 425 g/mol. The highest BCUT2D eigenvalue weighted by Gasteiger charge is 2.40. The van der Waals surface area contributed by atoms with Crippen LogP contribution in [0, 0.1) is 20.8 Å². The first-order chi connectivity index (χ1) is 15.3. The largest absolute Gasteiger partial charge is 0.378 e. The van der Waals surface area contributed by atoms with Gasteiger partial charge in [0.15, 0.2) is 0 Å². The van der Waals surface area contributed by atoms with Crippen molar-refractivity contribution in [2.45, 2.75) is 20.8 Å². The zero-order valence-electron chi connectivity index (χ0n) is 19.1. The number of aryl methyl sites for hydroxylation is 3.